The average molecular weight is 303 g/mol. The van der Waals surface area contributed by atoms with Crippen LogP contribution in [-0.2, 0) is 19.6 Å². The molecule has 0 fully saturated rings. The van der Waals surface area contributed by atoms with E-state index in [2.05, 4.69) is 20.7 Å². The molecule has 0 aliphatic carbocycles. The molecule has 0 spiro atoms. The third kappa shape index (κ3) is 3.54. The van der Waals surface area contributed by atoms with Crippen molar-refractivity contribution in [1.82, 2.24) is 25.5 Å². The number of rotatable bonds is 4. The van der Waals surface area contributed by atoms with Gasteiger partial charge in [0.1, 0.15) is 5.82 Å². The molecule has 1 unspecified atom stereocenters. The zero-order valence-corrected chi connectivity index (χ0v) is 11.3. The topological polar surface area (TPSA) is 55.6 Å². The Labute approximate surface area is 118 Å². The van der Waals surface area contributed by atoms with E-state index in [9.17, 15) is 17.6 Å². The number of benzene rings is 1. The van der Waals surface area contributed by atoms with E-state index in [1.165, 1.54) is 11.8 Å². The molecule has 114 valence electrons. The number of hydrogen-bond acceptors (Lipinski definition) is 4. The fraction of sp³-hybridized carbons (Fsp3) is 0.417. The monoisotopic (exact) mass is 303 g/mol. The largest absolute Gasteiger partial charge is 0.416 e. The van der Waals surface area contributed by atoms with E-state index in [0.717, 1.165) is 18.2 Å². The standard InChI is InChI=1S/C12H13F4N5/c1-17-10(6-11-18-20-21(2)19-11)8-5-7(13)3-4-9(8)12(14,15)16/h3-5,10,17H,6H2,1-2H3. The molecule has 0 aliphatic rings. The highest BCUT2D eigenvalue weighted by Gasteiger charge is 2.35. The Morgan fingerprint density at radius 2 is 2.05 bits per heavy atom. The molecule has 1 aromatic carbocycles. The Hall–Kier alpha value is -2.03. The molecule has 1 heterocycles. The van der Waals surface area contributed by atoms with Crippen molar-refractivity contribution >= 4 is 0 Å². The van der Waals surface area contributed by atoms with E-state index in [-0.39, 0.29) is 17.8 Å². The number of nitrogens with zero attached hydrogens (tertiary/aromatic N) is 4. The van der Waals surface area contributed by atoms with E-state index in [1.54, 1.807) is 7.05 Å². The highest BCUT2D eigenvalue weighted by Crippen LogP contribution is 2.35. The molecule has 1 atom stereocenters. The summed E-state index contributed by atoms with van der Waals surface area (Å²) in [7, 11) is 3.04. The van der Waals surface area contributed by atoms with Crippen molar-refractivity contribution in [3.63, 3.8) is 0 Å². The number of tetrazole rings is 1. The lowest BCUT2D eigenvalue weighted by Crippen LogP contribution is -2.23. The Morgan fingerprint density at radius 3 is 2.57 bits per heavy atom. The van der Waals surface area contributed by atoms with Gasteiger partial charge in [0.15, 0.2) is 5.82 Å². The Kier molecular flexibility index (Phi) is 4.21. The number of alkyl halides is 3. The molecule has 0 radical (unpaired) electrons. The minimum absolute atomic E-state index is 0.0663. The van der Waals surface area contributed by atoms with Gasteiger partial charge in [0.2, 0.25) is 0 Å². The normalized spacial score (nSPS) is 13.4. The summed E-state index contributed by atoms with van der Waals surface area (Å²) in [5.74, 6) is -0.459. The van der Waals surface area contributed by atoms with E-state index < -0.39 is 23.6 Å². The second-order valence-corrected chi connectivity index (χ2v) is 4.47. The van der Waals surface area contributed by atoms with Gasteiger partial charge in [0, 0.05) is 12.5 Å². The van der Waals surface area contributed by atoms with Crippen molar-refractivity contribution in [3.05, 3.63) is 41.0 Å². The maximum Gasteiger partial charge on any atom is 0.416 e. The summed E-state index contributed by atoms with van der Waals surface area (Å²) in [6.45, 7) is 0. The molecular weight excluding hydrogens is 290 g/mol. The van der Waals surface area contributed by atoms with Gasteiger partial charge < -0.3 is 5.32 Å². The van der Waals surface area contributed by atoms with Crippen LogP contribution in [0.1, 0.15) is 23.0 Å². The zero-order valence-electron chi connectivity index (χ0n) is 11.3. The first-order valence-electron chi connectivity index (χ1n) is 6.08. The van der Waals surface area contributed by atoms with Crippen molar-refractivity contribution in [2.45, 2.75) is 18.6 Å². The van der Waals surface area contributed by atoms with Gasteiger partial charge in [-0.05, 0) is 36.0 Å². The van der Waals surface area contributed by atoms with Crippen LogP contribution >= 0.6 is 0 Å². The molecule has 5 nitrogen and oxygen atoms in total. The van der Waals surface area contributed by atoms with Crippen LogP contribution in [0.5, 0.6) is 0 Å². The summed E-state index contributed by atoms with van der Waals surface area (Å²) in [6, 6.07) is 1.63. The van der Waals surface area contributed by atoms with Gasteiger partial charge in [0.25, 0.3) is 0 Å². The maximum absolute atomic E-state index is 13.3. The van der Waals surface area contributed by atoms with Crippen LogP contribution < -0.4 is 5.32 Å². The molecule has 1 aromatic heterocycles. The van der Waals surface area contributed by atoms with Crippen LogP contribution in [0.15, 0.2) is 18.2 Å². The van der Waals surface area contributed by atoms with Gasteiger partial charge in [-0.2, -0.15) is 18.0 Å². The second-order valence-electron chi connectivity index (χ2n) is 4.47. The number of hydrogen-bond donors (Lipinski definition) is 1. The first kappa shape index (κ1) is 15.4. The first-order chi connectivity index (χ1) is 9.81. The summed E-state index contributed by atoms with van der Waals surface area (Å²) < 4.78 is 52.4. The lowest BCUT2D eigenvalue weighted by molar-refractivity contribution is -0.138. The van der Waals surface area contributed by atoms with Crippen LogP contribution in [0, 0.1) is 5.82 Å². The summed E-state index contributed by atoms with van der Waals surface area (Å²) in [4.78, 5) is 1.21. The molecule has 0 saturated carbocycles. The van der Waals surface area contributed by atoms with E-state index >= 15 is 0 Å². The highest BCUT2D eigenvalue weighted by molar-refractivity contribution is 5.33. The number of likely N-dealkylation sites (N-methyl/N-ethyl adjacent to an activating group) is 1. The van der Waals surface area contributed by atoms with E-state index in [1.807, 2.05) is 0 Å². The lowest BCUT2D eigenvalue weighted by atomic mass is 9.97. The van der Waals surface area contributed by atoms with Gasteiger partial charge in [-0.3, -0.25) is 0 Å². The minimum atomic E-state index is -4.56. The summed E-state index contributed by atoms with van der Waals surface area (Å²) in [6.07, 6.45) is -4.50. The molecule has 21 heavy (non-hydrogen) atoms. The molecule has 0 amide bonds. The third-order valence-electron chi connectivity index (χ3n) is 2.98. The Balaban J connectivity index is 2.39. The molecule has 0 saturated heterocycles. The van der Waals surface area contributed by atoms with Crippen LogP contribution in [0.3, 0.4) is 0 Å². The highest BCUT2D eigenvalue weighted by atomic mass is 19.4. The van der Waals surface area contributed by atoms with Crippen molar-refractivity contribution in [1.29, 1.82) is 0 Å². The number of nitrogens with one attached hydrogen (secondary N) is 1. The third-order valence-corrected chi connectivity index (χ3v) is 2.98. The SMILES string of the molecule is CNC(Cc1nnn(C)n1)c1cc(F)ccc1C(F)(F)F. The van der Waals surface area contributed by atoms with Crippen LogP contribution in [0.25, 0.3) is 0 Å². The molecule has 0 bridgehead atoms. The van der Waals surface area contributed by atoms with Gasteiger partial charge in [-0.15, -0.1) is 10.2 Å². The van der Waals surface area contributed by atoms with Crippen molar-refractivity contribution < 1.29 is 17.6 Å². The molecule has 0 aliphatic heterocycles. The van der Waals surface area contributed by atoms with Crippen molar-refractivity contribution in [3.8, 4) is 0 Å². The smallest absolute Gasteiger partial charge is 0.313 e. The van der Waals surface area contributed by atoms with Gasteiger partial charge >= 0.3 is 6.18 Å². The summed E-state index contributed by atoms with van der Waals surface area (Å²) >= 11 is 0. The van der Waals surface area contributed by atoms with Crippen LogP contribution in [0.2, 0.25) is 0 Å². The predicted octanol–water partition coefficient (Wildman–Crippen LogP) is 1.87. The lowest BCUT2D eigenvalue weighted by Gasteiger charge is -2.20. The summed E-state index contributed by atoms with van der Waals surface area (Å²) in [5.41, 5.74) is -1.07. The maximum atomic E-state index is 13.3. The fourth-order valence-electron chi connectivity index (χ4n) is 2.04. The molecular formula is C12H13F4N5. The van der Waals surface area contributed by atoms with E-state index in [4.69, 9.17) is 0 Å². The minimum Gasteiger partial charge on any atom is -0.313 e. The first-order valence-corrected chi connectivity index (χ1v) is 6.08. The van der Waals surface area contributed by atoms with Crippen molar-refractivity contribution in [2.75, 3.05) is 7.05 Å². The zero-order chi connectivity index (χ0) is 15.6. The Morgan fingerprint density at radius 1 is 1.33 bits per heavy atom. The summed E-state index contributed by atoms with van der Waals surface area (Å²) in [5, 5.41) is 14.0. The molecule has 1 N–H and O–H groups in total. The second kappa shape index (κ2) is 5.76. The average Bonchev–Trinajstić information content (AvgIpc) is 2.80. The number of aromatic nitrogens is 4. The van der Waals surface area contributed by atoms with E-state index in [0.29, 0.717) is 0 Å². The predicted molar refractivity (Wildman–Crippen MR) is 65.7 cm³/mol. The fourth-order valence-corrected chi connectivity index (χ4v) is 2.04. The quantitative estimate of drug-likeness (QED) is 0.876. The van der Waals surface area contributed by atoms with Gasteiger partial charge in [-0.25, -0.2) is 4.39 Å². The van der Waals surface area contributed by atoms with Crippen molar-refractivity contribution in [2.24, 2.45) is 7.05 Å². The van der Waals surface area contributed by atoms with Gasteiger partial charge in [0.05, 0.1) is 12.6 Å². The number of aryl methyl sites for hydroxylation is 1. The molecule has 9 heteroatoms. The molecule has 2 rings (SSSR count). The molecule has 2 aromatic rings. The van der Waals surface area contributed by atoms with Crippen LogP contribution in [-0.4, -0.2) is 27.3 Å². The number of halogens is 4. The van der Waals surface area contributed by atoms with Gasteiger partial charge in [-0.1, -0.05) is 0 Å². The Bertz CT molecular complexity index is 622. The van der Waals surface area contributed by atoms with Crippen LogP contribution in [0.4, 0.5) is 17.6 Å².